The molecular weight excluding hydrogens is 704 g/mol. The van der Waals surface area contributed by atoms with Crippen molar-refractivity contribution in [1.29, 1.82) is 0 Å². The third-order valence-electron chi connectivity index (χ3n) is 8.77. The maximum Gasteiger partial charge on any atom is 0.261 e. The summed E-state index contributed by atoms with van der Waals surface area (Å²) in [4.78, 5) is 35.2. The molecule has 1 atom stereocenters. The first kappa shape index (κ1) is 34.6. The molecule has 1 unspecified atom stereocenters. The molecule has 0 aliphatic carbocycles. The zero-order valence-corrected chi connectivity index (χ0v) is 31.2. The second-order valence-corrected chi connectivity index (χ2v) is 17.1. The van der Waals surface area contributed by atoms with E-state index >= 15 is 0 Å². The predicted octanol–water partition coefficient (Wildman–Crippen LogP) is 11.5. The Hall–Kier alpha value is -1.22. The van der Waals surface area contributed by atoms with E-state index in [2.05, 4.69) is 71.7 Å². The number of carbonyl (C=O) groups is 2. The number of thiophene rings is 2. The minimum absolute atomic E-state index is 0.00165. The van der Waals surface area contributed by atoms with E-state index in [1.807, 2.05) is 21.9 Å². The van der Waals surface area contributed by atoms with Crippen LogP contribution in [0.3, 0.4) is 0 Å². The third kappa shape index (κ3) is 8.33. The Morgan fingerprint density at radius 2 is 1.02 bits per heavy atom. The number of amides is 2. The summed E-state index contributed by atoms with van der Waals surface area (Å²) in [5.41, 5.74) is 2.88. The lowest BCUT2D eigenvalue weighted by Crippen LogP contribution is -2.34. The molecule has 0 bridgehead atoms. The molecule has 4 heterocycles. The van der Waals surface area contributed by atoms with Crippen molar-refractivity contribution in [3.63, 3.8) is 0 Å². The van der Waals surface area contributed by atoms with E-state index in [4.69, 9.17) is 0 Å². The number of nitrogens with zero attached hydrogens (tertiary/aromatic N) is 2. The van der Waals surface area contributed by atoms with Gasteiger partial charge in [0.15, 0.2) is 0 Å². The molecule has 0 aromatic carbocycles. The van der Waals surface area contributed by atoms with Crippen molar-refractivity contribution < 1.29 is 9.59 Å². The molecule has 2 aromatic heterocycles. The van der Waals surface area contributed by atoms with Crippen molar-refractivity contribution >= 4 is 77.7 Å². The fourth-order valence-electron chi connectivity index (χ4n) is 6.56. The molecule has 2 amide bonds. The first-order chi connectivity index (χ1) is 20.8. The number of hydrogen-bond donors (Lipinski definition) is 0. The molecule has 4 rings (SSSR count). The van der Waals surface area contributed by atoms with Gasteiger partial charge in [-0.05, 0) is 93.6 Å². The van der Waals surface area contributed by atoms with Crippen LogP contribution >= 0.6 is 54.5 Å². The van der Waals surface area contributed by atoms with Gasteiger partial charge in [-0.2, -0.15) is 0 Å². The fourth-order valence-corrected chi connectivity index (χ4v) is 9.46. The molecule has 0 saturated carbocycles. The molecule has 0 spiro atoms. The van der Waals surface area contributed by atoms with Crippen molar-refractivity contribution in [2.24, 2.45) is 11.8 Å². The maximum absolute atomic E-state index is 14.6. The standard InChI is InChI=1S/C35H48Br2N2O2S2/c1-5-9-12-13-17-24(14-8-4)22-38-32(26-18-20-28(36)42-26)30-31(34(38)40)33(27-19-21-29(37)43-27)39(35(30)41)23-25(15-10-6-2)16-11-7-3/h18-21,24-25H,5-17,22-23H2,1-4H3. The highest BCUT2D eigenvalue weighted by Gasteiger charge is 2.50. The normalized spacial score (nSPS) is 16.1. The fraction of sp³-hybridized carbons (Fsp3) is 0.600. The van der Waals surface area contributed by atoms with Gasteiger partial charge in [-0.25, -0.2) is 0 Å². The highest BCUT2D eigenvalue weighted by molar-refractivity contribution is 9.11. The topological polar surface area (TPSA) is 40.6 Å². The van der Waals surface area contributed by atoms with E-state index in [0.717, 1.165) is 86.5 Å². The average molecular weight is 753 g/mol. The molecule has 2 aromatic rings. The summed E-state index contributed by atoms with van der Waals surface area (Å²) in [6.45, 7) is 10.3. The first-order valence-corrected chi connectivity index (χ1v) is 19.7. The molecule has 236 valence electrons. The Balaban J connectivity index is 1.80. The van der Waals surface area contributed by atoms with E-state index in [9.17, 15) is 9.59 Å². The summed E-state index contributed by atoms with van der Waals surface area (Å²) in [5.74, 6) is 0.836. The number of hydrogen-bond acceptors (Lipinski definition) is 4. The zero-order chi connectivity index (χ0) is 30.9. The zero-order valence-electron chi connectivity index (χ0n) is 26.4. The van der Waals surface area contributed by atoms with Crippen LogP contribution in [0.4, 0.5) is 0 Å². The van der Waals surface area contributed by atoms with Gasteiger partial charge in [-0.15, -0.1) is 22.7 Å². The minimum Gasteiger partial charge on any atom is -0.306 e. The van der Waals surface area contributed by atoms with Crippen molar-refractivity contribution in [1.82, 2.24) is 9.80 Å². The summed E-state index contributed by atoms with van der Waals surface area (Å²) in [6.07, 6.45) is 15.1. The van der Waals surface area contributed by atoms with Crippen LogP contribution in [0.25, 0.3) is 11.4 Å². The van der Waals surface area contributed by atoms with Crippen LogP contribution in [-0.4, -0.2) is 34.7 Å². The van der Waals surface area contributed by atoms with Gasteiger partial charge in [0, 0.05) is 13.1 Å². The molecule has 43 heavy (non-hydrogen) atoms. The van der Waals surface area contributed by atoms with Gasteiger partial charge in [0.25, 0.3) is 11.8 Å². The highest BCUT2D eigenvalue weighted by atomic mass is 79.9. The van der Waals surface area contributed by atoms with Crippen LogP contribution in [0.2, 0.25) is 0 Å². The van der Waals surface area contributed by atoms with E-state index in [1.54, 1.807) is 22.7 Å². The number of unbranched alkanes of at least 4 members (excludes halogenated alkanes) is 5. The lowest BCUT2D eigenvalue weighted by molar-refractivity contribution is -0.124. The summed E-state index contributed by atoms with van der Waals surface area (Å²) in [7, 11) is 0. The second kappa shape index (κ2) is 16.9. The van der Waals surface area contributed by atoms with Gasteiger partial charge in [0.1, 0.15) is 0 Å². The van der Waals surface area contributed by atoms with E-state index in [0.29, 0.717) is 36.1 Å². The van der Waals surface area contributed by atoms with Crippen LogP contribution in [0.1, 0.15) is 121 Å². The van der Waals surface area contributed by atoms with Crippen LogP contribution in [0.15, 0.2) is 43.0 Å². The lowest BCUT2D eigenvalue weighted by atomic mass is 9.95. The Kier molecular flexibility index (Phi) is 13.6. The molecule has 0 radical (unpaired) electrons. The van der Waals surface area contributed by atoms with Crippen LogP contribution in [0.5, 0.6) is 0 Å². The third-order valence-corrected chi connectivity index (χ3v) is 12.0. The summed E-state index contributed by atoms with van der Waals surface area (Å²) >= 11 is 10.5. The Labute approximate surface area is 284 Å². The first-order valence-electron chi connectivity index (χ1n) is 16.5. The number of rotatable bonds is 19. The second-order valence-electron chi connectivity index (χ2n) is 12.1. The summed E-state index contributed by atoms with van der Waals surface area (Å²) in [5, 5.41) is 0. The van der Waals surface area contributed by atoms with Crippen LogP contribution < -0.4 is 0 Å². The quantitative estimate of drug-likeness (QED) is 0.134. The SMILES string of the molecule is CCCCCCC(CCC)CN1C(=O)C2=C(c3ccc(Br)s3)N(CC(CCCC)CCCC)C(=O)C2=C1c1ccc(Br)s1. The van der Waals surface area contributed by atoms with Crippen LogP contribution in [-0.2, 0) is 9.59 Å². The molecule has 0 saturated heterocycles. The smallest absolute Gasteiger partial charge is 0.261 e. The van der Waals surface area contributed by atoms with Gasteiger partial charge in [0.2, 0.25) is 0 Å². The van der Waals surface area contributed by atoms with E-state index in [1.165, 1.54) is 25.7 Å². The number of halogens is 2. The van der Waals surface area contributed by atoms with Gasteiger partial charge in [0.05, 0.1) is 39.9 Å². The average Bonchev–Trinajstić information content (AvgIpc) is 3.74. The molecular formula is C35H48Br2N2O2S2. The van der Waals surface area contributed by atoms with E-state index < -0.39 is 0 Å². The Bertz CT molecular complexity index is 1300. The van der Waals surface area contributed by atoms with Crippen molar-refractivity contribution in [3.8, 4) is 0 Å². The van der Waals surface area contributed by atoms with Crippen molar-refractivity contribution in [2.45, 2.75) is 111 Å². The molecule has 2 aliphatic heterocycles. The monoisotopic (exact) mass is 750 g/mol. The Morgan fingerprint density at radius 1 is 0.581 bits per heavy atom. The number of fused-ring (bicyclic) bond motifs is 1. The molecule has 4 nitrogen and oxygen atoms in total. The van der Waals surface area contributed by atoms with Gasteiger partial charge in [-0.3, -0.25) is 9.59 Å². The molecule has 8 heteroatoms. The molecule has 0 fully saturated rings. The van der Waals surface area contributed by atoms with Gasteiger partial charge >= 0.3 is 0 Å². The maximum atomic E-state index is 14.6. The summed E-state index contributed by atoms with van der Waals surface area (Å²) in [6, 6.07) is 8.20. The minimum atomic E-state index is -0.00196. The van der Waals surface area contributed by atoms with E-state index in [-0.39, 0.29) is 11.8 Å². The largest absolute Gasteiger partial charge is 0.306 e. The van der Waals surface area contributed by atoms with Gasteiger partial charge < -0.3 is 9.80 Å². The molecule has 2 aliphatic rings. The molecule has 0 N–H and O–H groups in total. The number of carbonyl (C=O) groups excluding carboxylic acids is 2. The highest BCUT2D eigenvalue weighted by Crippen LogP contribution is 2.50. The van der Waals surface area contributed by atoms with Crippen molar-refractivity contribution in [3.05, 3.63) is 52.7 Å². The van der Waals surface area contributed by atoms with Gasteiger partial charge in [-0.1, -0.05) is 85.5 Å². The van der Waals surface area contributed by atoms with Crippen LogP contribution in [0, 0.1) is 11.8 Å². The lowest BCUT2D eigenvalue weighted by Gasteiger charge is -2.29. The summed E-state index contributed by atoms with van der Waals surface area (Å²) < 4.78 is 2.02. The predicted molar refractivity (Wildman–Crippen MR) is 191 cm³/mol. The Morgan fingerprint density at radius 3 is 1.42 bits per heavy atom. The van der Waals surface area contributed by atoms with Crippen molar-refractivity contribution in [2.75, 3.05) is 13.1 Å².